The summed E-state index contributed by atoms with van der Waals surface area (Å²) < 4.78 is 31.5. The van der Waals surface area contributed by atoms with Gasteiger partial charge < -0.3 is 28.6 Å². The number of carbonyl (C=O) groups excluding carboxylic acids is 2. The molecule has 3 aliphatic rings. The van der Waals surface area contributed by atoms with E-state index < -0.39 is 0 Å². The molecule has 0 N–H and O–H groups in total. The van der Waals surface area contributed by atoms with Gasteiger partial charge in [0.05, 0.1) is 37.8 Å². The van der Waals surface area contributed by atoms with E-state index in [2.05, 4.69) is 66.9 Å². The third-order valence-corrected chi connectivity index (χ3v) is 14.3. The highest BCUT2D eigenvalue weighted by Gasteiger charge is 2.55. The van der Waals surface area contributed by atoms with Crippen molar-refractivity contribution in [3.63, 3.8) is 0 Å². The summed E-state index contributed by atoms with van der Waals surface area (Å²) in [5.41, 5.74) is -0.441. The van der Waals surface area contributed by atoms with E-state index in [9.17, 15) is 9.59 Å². The van der Waals surface area contributed by atoms with Crippen LogP contribution < -0.4 is 0 Å². The van der Waals surface area contributed by atoms with Crippen molar-refractivity contribution in [1.82, 2.24) is 4.90 Å². The Bertz CT molecular complexity index is 1210. The van der Waals surface area contributed by atoms with Crippen LogP contribution in [0, 0.1) is 34.0 Å². The van der Waals surface area contributed by atoms with Crippen molar-refractivity contribution < 1.29 is 33.3 Å². The van der Waals surface area contributed by atoms with Gasteiger partial charge in [0.15, 0.2) is 0 Å². The lowest BCUT2D eigenvalue weighted by Gasteiger charge is -2.57. The van der Waals surface area contributed by atoms with E-state index in [1.807, 2.05) is 0 Å². The summed E-state index contributed by atoms with van der Waals surface area (Å²) in [4.78, 5) is 29.3. The van der Waals surface area contributed by atoms with Crippen LogP contribution in [0.3, 0.4) is 0 Å². The van der Waals surface area contributed by atoms with Gasteiger partial charge in [-0.15, -0.1) is 0 Å². The van der Waals surface area contributed by atoms with E-state index in [0.29, 0.717) is 56.8 Å². The van der Waals surface area contributed by atoms with Gasteiger partial charge in [-0.25, -0.2) is 0 Å². The molecule has 0 aromatic carbocycles. The normalized spacial score (nSPS) is 24.8. The second kappa shape index (κ2) is 29.0. The van der Waals surface area contributed by atoms with Gasteiger partial charge >= 0.3 is 11.9 Å². The first-order valence-corrected chi connectivity index (χ1v) is 25.8. The van der Waals surface area contributed by atoms with E-state index in [-0.39, 0.29) is 40.4 Å². The highest BCUT2D eigenvalue weighted by Crippen LogP contribution is 2.61. The van der Waals surface area contributed by atoms with E-state index in [4.69, 9.17) is 23.7 Å². The molecule has 8 nitrogen and oxygen atoms in total. The molecular formula is C53H97NO7. The molecule has 3 saturated carbocycles. The average Bonchev–Trinajstić information content (AvgIpc) is 4.07. The Balaban J connectivity index is 1.58. The molecule has 6 atom stereocenters. The summed E-state index contributed by atoms with van der Waals surface area (Å²) in [6.07, 6.45) is 26.6. The molecule has 356 valence electrons. The molecule has 0 radical (unpaired) electrons. The fourth-order valence-electron chi connectivity index (χ4n) is 11.1. The second-order valence-electron chi connectivity index (χ2n) is 21.2. The standard InChI is InChI=1S/C53H97NO7/c1-10-14-16-18-20-22-33-57-47(43(5)6)28-30-49(55)60-41-52(9)36-45-35-51(8,40-59-44(7)25-24-32-54(12-3)13-4)38-53(37-45,39-52)42-61-50(56)31-29-48(46-26-27-46)58-34-23-21-19-17-15-11-2/h43,45-48H,7,10-42H2,1-6,8-9H3. The molecule has 2 bridgehead atoms. The SMILES string of the molecule is C=C(CCCN(CC)CC)OCC1(C)CC2CC(C)(COC(=O)CCC(OCCCCCCCC)C(C)C)CC(COC(=O)CCC(OCCCCCCCC)C3CC3)(C2)C1. The number of esters is 2. The minimum absolute atomic E-state index is 0.0576. The van der Waals surface area contributed by atoms with Gasteiger partial charge in [0.2, 0.25) is 0 Å². The van der Waals surface area contributed by atoms with Crippen LogP contribution in [0.4, 0.5) is 0 Å². The quantitative estimate of drug-likeness (QED) is 0.0347. The Morgan fingerprint density at radius 3 is 1.72 bits per heavy atom. The molecule has 3 fully saturated rings. The summed E-state index contributed by atoms with van der Waals surface area (Å²) in [6, 6.07) is 0. The highest BCUT2D eigenvalue weighted by atomic mass is 16.5. The summed E-state index contributed by atoms with van der Waals surface area (Å²) in [5.74, 6) is 2.01. The molecule has 0 aromatic rings. The molecule has 0 saturated heterocycles. The lowest BCUT2D eigenvalue weighted by molar-refractivity contribution is -0.166. The van der Waals surface area contributed by atoms with Crippen molar-refractivity contribution in [3.05, 3.63) is 12.3 Å². The minimum atomic E-state index is -0.197. The molecule has 0 spiro atoms. The smallest absolute Gasteiger partial charge is 0.305 e. The number of ether oxygens (including phenoxy) is 5. The molecule has 0 aliphatic heterocycles. The second-order valence-corrected chi connectivity index (χ2v) is 21.2. The molecule has 8 heteroatoms. The van der Waals surface area contributed by atoms with Gasteiger partial charge in [-0.05, 0) is 114 Å². The first-order chi connectivity index (χ1) is 29.3. The fraction of sp³-hybridized carbons (Fsp3) is 0.925. The molecule has 61 heavy (non-hydrogen) atoms. The Labute approximate surface area is 376 Å². The van der Waals surface area contributed by atoms with Crippen molar-refractivity contribution in [2.24, 2.45) is 34.0 Å². The third-order valence-electron chi connectivity index (χ3n) is 14.3. The van der Waals surface area contributed by atoms with Crippen LogP contribution in [0.2, 0.25) is 0 Å². The third kappa shape index (κ3) is 21.7. The van der Waals surface area contributed by atoms with Gasteiger partial charge in [-0.2, -0.15) is 0 Å². The van der Waals surface area contributed by atoms with Crippen LogP contribution in [-0.4, -0.2) is 81.7 Å². The molecular weight excluding hydrogens is 763 g/mol. The topological polar surface area (TPSA) is 83.5 Å². The number of fused-ring (bicyclic) bond motifs is 2. The van der Waals surface area contributed by atoms with Gasteiger partial charge in [-0.1, -0.05) is 126 Å². The summed E-state index contributed by atoms with van der Waals surface area (Å²) in [7, 11) is 0. The zero-order chi connectivity index (χ0) is 44.6. The van der Waals surface area contributed by atoms with Gasteiger partial charge in [0.1, 0.15) is 0 Å². The molecule has 0 aromatic heterocycles. The highest BCUT2D eigenvalue weighted by molar-refractivity contribution is 5.69. The fourth-order valence-corrected chi connectivity index (χ4v) is 11.1. The van der Waals surface area contributed by atoms with Crippen molar-refractivity contribution >= 4 is 11.9 Å². The maximum Gasteiger partial charge on any atom is 0.305 e. The molecule has 3 rings (SSSR count). The van der Waals surface area contributed by atoms with Gasteiger partial charge in [0, 0.05) is 48.7 Å². The van der Waals surface area contributed by atoms with Gasteiger partial charge in [0.25, 0.3) is 0 Å². The first-order valence-electron chi connectivity index (χ1n) is 25.8. The van der Waals surface area contributed by atoms with Gasteiger partial charge in [-0.3, -0.25) is 9.59 Å². The number of carbonyl (C=O) groups is 2. The Morgan fingerprint density at radius 2 is 1.16 bits per heavy atom. The number of nitrogens with zero attached hydrogens (tertiary/aromatic N) is 1. The van der Waals surface area contributed by atoms with Crippen molar-refractivity contribution in [2.45, 2.75) is 228 Å². The molecule has 3 aliphatic carbocycles. The predicted octanol–water partition coefficient (Wildman–Crippen LogP) is 13.4. The van der Waals surface area contributed by atoms with Crippen LogP contribution in [0.5, 0.6) is 0 Å². The zero-order valence-electron chi connectivity index (χ0n) is 41.2. The van der Waals surface area contributed by atoms with Crippen LogP contribution in [0.25, 0.3) is 0 Å². The van der Waals surface area contributed by atoms with Crippen molar-refractivity contribution in [1.29, 1.82) is 0 Å². The average molecular weight is 860 g/mol. The van der Waals surface area contributed by atoms with Crippen molar-refractivity contribution in [2.75, 3.05) is 52.7 Å². The predicted molar refractivity (Wildman–Crippen MR) is 252 cm³/mol. The van der Waals surface area contributed by atoms with Crippen LogP contribution in [0.1, 0.15) is 216 Å². The maximum atomic E-state index is 13.5. The van der Waals surface area contributed by atoms with Crippen molar-refractivity contribution in [3.8, 4) is 0 Å². The Kier molecular flexibility index (Phi) is 25.5. The zero-order valence-corrected chi connectivity index (χ0v) is 41.2. The number of hydrogen-bond donors (Lipinski definition) is 0. The summed E-state index contributed by atoms with van der Waals surface area (Å²) >= 11 is 0. The molecule has 0 heterocycles. The lowest BCUT2D eigenvalue weighted by atomic mass is 9.49. The van der Waals surface area contributed by atoms with E-state index in [1.54, 1.807) is 0 Å². The Morgan fingerprint density at radius 1 is 0.639 bits per heavy atom. The number of rotatable bonds is 37. The summed E-state index contributed by atoms with van der Waals surface area (Å²) in [6.45, 7) is 28.5. The molecule has 0 amide bonds. The van der Waals surface area contributed by atoms with Crippen LogP contribution in [-0.2, 0) is 33.3 Å². The Hall–Kier alpha value is -1.64. The minimum Gasteiger partial charge on any atom is -0.498 e. The van der Waals surface area contributed by atoms with E-state index in [1.165, 1.54) is 77.0 Å². The lowest BCUT2D eigenvalue weighted by Crippen LogP contribution is -2.52. The van der Waals surface area contributed by atoms with E-state index in [0.717, 1.165) is 103 Å². The van der Waals surface area contributed by atoms with Crippen LogP contribution >= 0.6 is 0 Å². The monoisotopic (exact) mass is 860 g/mol. The first kappa shape index (κ1) is 53.7. The van der Waals surface area contributed by atoms with Crippen LogP contribution in [0.15, 0.2) is 12.3 Å². The maximum absolute atomic E-state index is 13.5. The van der Waals surface area contributed by atoms with E-state index >= 15 is 0 Å². The summed E-state index contributed by atoms with van der Waals surface area (Å²) in [5, 5.41) is 0. The number of hydrogen-bond acceptors (Lipinski definition) is 8. The number of allylic oxidation sites excluding steroid dienone is 1. The number of unbranched alkanes of at least 4 members (excludes halogenated alkanes) is 10. The molecule has 6 unspecified atom stereocenters. The largest absolute Gasteiger partial charge is 0.498 e.